The SMILES string of the molecule is CC(C)(C)c1cc2c(cc1Cl)C=C(C(=O)OCON)C(C(C)(F)F)O2.O=C(O)CNCCO.[NH3+]O. The molecule has 0 spiro atoms. The van der Waals surface area contributed by atoms with Crippen molar-refractivity contribution in [1.82, 2.24) is 5.32 Å². The smallest absolute Gasteiger partial charge is 0.340 e. The number of quaternary nitrogens is 1. The van der Waals surface area contributed by atoms with Crippen LogP contribution in [0, 0.1) is 0 Å². The third kappa shape index (κ3) is 10.8. The van der Waals surface area contributed by atoms with Crippen molar-refractivity contribution in [3.63, 3.8) is 0 Å². The Morgan fingerprint density at radius 1 is 1.26 bits per heavy atom. The third-order valence-corrected chi connectivity index (χ3v) is 4.58. The van der Waals surface area contributed by atoms with E-state index >= 15 is 0 Å². The van der Waals surface area contributed by atoms with E-state index in [0.29, 0.717) is 24.1 Å². The van der Waals surface area contributed by atoms with Crippen LogP contribution in [0.2, 0.25) is 5.02 Å². The highest BCUT2D eigenvalue weighted by Crippen LogP contribution is 2.41. The summed E-state index contributed by atoms with van der Waals surface area (Å²) in [4.78, 5) is 25.9. The normalized spacial score (nSPS) is 14.7. The van der Waals surface area contributed by atoms with E-state index in [9.17, 15) is 18.4 Å². The minimum atomic E-state index is -3.31. The van der Waals surface area contributed by atoms with E-state index in [1.54, 1.807) is 12.1 Å². The van der Waals surface area contributed by atoms with Crippen LogP contribution in [-0.4, -0.2) is 65.9 Å². The number of ether oxygens (including phenoxy) is 2. The van der Waals surface area contributed by atoms with Crippen LogP contribution in [-0.2, 0) is 24.6 Å². The van der Waals surface area contributed by atoms with E-state index in [1.165, 1.54) is 6.08 Å². The van der Waals surface area contributed by atoms with Crippen molar-refractivity contribution in [3.05, 3.63) is 33.9 Å². The van der Waals surface area contributed by atoms with E-state index in [1.807, 2.05) is 20.8 Å². The molecule has 11 nitrogen and oxygen atoms in total. The zero-order valence-corrected chi connectivity index (χ0v) is 20.7. The summed E-state index contributed by atoms with van der Waals surface area (Å²) in [5.74, 6) is 2.05. The molecular weight excluding hydrogens is 496 g/mol. The van der Waals surface area contributed by atoms with Gasteiger partial charge in [-0.05, 0) is 29.2 Å². The largest absolute Gasteiger partial charge is 0.480 e. The first-order valence-electron chi connectivity index (χ1n) is 10.2. The maximum Gasteiger partial charge on any atom is 0.340 e. The number of carboxylic acid groups (broad SMARTS) is 1. The second-order valence-corrected chi connectivity index (χ2v) is 8.59. The van der Waals surface area contributed by atoms with Crippen LogP contribution in [0.3, 0.4) is 0 Å². The van der Waals surface area contributed by atoms with Crippen molar-refractivity contribution in [3.8, 4) is 5.75 Å². The molecule has 2 rings (SSSR count). The number of hydrogen-bond acceptors (Lipinski definition) is 9. The summed E-state index contributed by atoms with van der Waals surface area (Å²) < 4.78 is 38.1. The van der Waals surface area contributed by atoms with Gasteiger partial charge in [0.05, 0.1) is 18.7 Å². The number of halogens is 3. The Morgan fingerprint density at radius 2 is 1.86 bits per heavy atom. The van der Waals surface area contributed by atoms with E-state index in [0.717, 1.165) is 5.56 Å². The molecule has 1 heterocycles. The summed E-state index contributed by atoms with van der Waals surface area (Å²) in [7, 11) is 0. The van der Waals surface area contributed by atoms with Gasteiger partial charge in [0, 0.05) is 24.1 Å². The summed E-state index contributed by atoms with van der Waals surface area (Å²) in [5.41, 5.74) is 0.527. The summed E-state index contributed by atoms with van der Waals surface area (Å²) in [6, 6.07) is 3.20. The Kier molecular flexibility index (Phi) is 13.9. The van der Waals surface area contributed by atoms with Crippen LogP contribution in [0.1, 0.15) is 38.8 Å². The van der Waals surface area contributed by atoms with E-state index in [4.69, 9.17) is 37.7 Å². The molecule has 1 aromatic carbocycles. The van der Waals surface area contributed by atoms with Gasteiger partial charge in [-0.2, -0.15) is 0 Å². The maximum atomic E-state index is 14.0. The third-order valence-electron chi connectivity index (χ3n) is 4.26. The fourth-order valence-electron chi connectivity index (χ4n) is 2.78. The van der Waals surface area contributed by atoms with Gasteiger partial charge in [-0.1, -0.05) is 32.4 Å². The van der Waals surface area contributed by atoms with Gasteiger partial charge in [0.1, 0.15) is 5.75 Å². The highest BCUT2D eigenvalue weighted by Gasteiger charge is 2.44. The summed E-state index contributed by atoms with van der Waals surface area (Å²) in [6.07, 6.45) is -0.503. The average Bonchev–Trinajstić information content (AvgIpc) is 2.76. The lowest BCUT2D eigenvalue weighted by molar-refractivity contribution is -0.670. The number of aliphatic hydroxyl groups excluding tert-OH is 1. The number of carboxylic acids is 1. The van der Waals surface area contributed by atoms with Gasteiger partial charge in [0.25, 0.3) is 5.92 Å². The van der Waals surface area contributed by atoms with E-state index in [-0.39, 0.29) is 29.9 Å². The zero-order chi connectivity index (χ0) is 27.4. The van der Waals surface area contributed by atoms with Crippen LogP contribution in [0.5, 0.6) is 5.75 Å². The summed E-state index contributed by atoms with van der Waals surface area (Å²) in [5, 5.41) is 25.8. The van der Waals surface area contributed by atoms with Crippen molar-refractivity contribution in [1.29, 1.82) is 0 Å². The predicted octanol–water partition coefficient (Wildman–Crippen LogP) is 1.10. The lowest BCUT2D eigenvalue weighted by Gasteiger charge is -2.31. The van der Waals surface area contributed by atoms with Crippen molar-refractivity contribution >= 4 is 29.6 Å². The van der Waals surface area contributed by atoms with Crippen molar-refractivity contribution in [2.45, 2.75) is 45.1 Å². The van der Waals surface area contributed by atoms with Gasteiger partial charge >= 0.3 is 11.9 Å². The monoisotopic (exact) mass is 528 g/mol. The second kappa shape index (κ2) is 14.9. The summed E-state index contributed by atoms with van der Waals surface area (Å²) >= 11 is 6.30. The first-order chi connectivity index (χ1) is 16.2. The van der Waals surface area contributed by atoms with Crippen molar-refractivity contribution in [2.24, 2.45) is 5.90 Å². The van der Waals surface area contributed by atoms with Gasteiger partial charge in [0.2, 0.25) is 6.79 Å². The molecule has 0 saturated heterocycles. The molecule has 0 radical (unpaired) electrons. The predicted molar refractivity (Wildman–Crippen MR) is 122 cm³/mol. The zero-order valence-electron chi connectivity index (χ0n) is 19.9. The van der Waals surface area contributed by atoms with Crippen LogP contribution in [0.15, 0.2) is 17.7 Å². The van der Waals surface area contributed by atoms with Gasteiger partial charge < -0.3 is 25.0 Å². The molecule has 1 unspecified atom stereocenters. The average molecular weight is 529 g/mol. The number of esters is 1. The quantitative estimate of drug-likeness (QED) is 0.123. The Hall–Kier alpha value is -2.39. The standard InChI is InChI=1S/C17H20ClF2NO4.C4H9NO3.H4NO/c1-16(2,3)11-7-13-9(6-12(11)18)5-10(15(22)23-8-24-21)14(25-13)17(4,19)20;6-2-1-5-3-4(7)8;1-2/h5-7,14H,8,21H2,1-4H3;5-6H,1-3H2,(H,7,8);2H,1H3/q;;+1. The molecule has 0 aromatic heterocycles. The lowest BCUT2D eigenvalue weighted by Crippen LogP contribution is -2.42. The summed E-state index contributed by atoms with van der Waals surface area (Å²) in [6.45, 7) is 6.18. The van der Waals surface area contributed by atoms with Gasteiger partial charge in [0.15, 0.2) is 6.10 Å². The first kappa shape index (κ1) is 32.6. The number of aliphatic carboxylic acids is 1. The molecule has 1 aliphatic rings. The maximum absolute atomic E-state index is 14.0. The fourth-order valence-corrected chi connectivity index (χ4v) is 3.24. The molecule has 35 heavy (non-hydrogen) atoms. The minimum absolute atomic E-state index is 0.0206. The van der Waals surface area contributed by atoms with E-state index < -0.39 is 30.8 Å². The number of alkyl halides is 2. The number of aliphatic hydroxyl groups is 1. The first-order valence-corrected chi connectivity index (χ1v) is 10.5. The molecule has 200 valence electrons. The number of nitrogens with two attached hydrogens (primary N) is 1. The van der Waals surface area contributed by atoms with E-state index in [2.05, 4.69) is 20.8 Å². The van der Waals surface area contributed by atoms with Crippen LogP contribution in [0.4, 0.5) is 8.78 Å². The molecular formula is C21H33ClF2N3O8+. The Balaban J connectivity index is 0.000000982. The van der Waals surface area contributed by atoms with Gasteiger partial charge in [-0.15, -0.1) is 0 Å². The molecule has 0 bridgehead atoms. The molecule has 0 saturated carbocycles. The highest BCUT2D eigenvalue weighted by molar-refractivity contribution is 6.31. The number of hydrogen-bond donors (Lipinski definition) is 6. The highest BCUT2D eigenvalue weighted by atomic mass is 35.5. The minimum Gasteiger partial charge on any atom is -0.480 e. The van der Waals surface area contributed by atoms with Crippen LogP contribution < -0.4 is 21.8 Å². The molecule has 0 amide bonds. The molecule has 1 aromatic rings. The van der Waals surface area contributed by atoms with Gasteiger partial charge in [-0.25, -0.2) is 30.6 Å². The second-order valence-electron chi connectivity index (χ2n) is 8.18. The molecule has 1 aliphatic heterocycles. The fraction of sp³-hybridized carbons (Fsp3) is 0.524. The molecule has 0 aliphatic carbocycles. The Labute approximate surface area is 206 Å². The van der Waals surface area contributed by atoms with Gasteiger partial charge in [-0.3, -0.25) is 9.63 Å². The van der Waals surface area contributed by atoms with Crippen molar-refractivity contribution in [2.75, 3.05) is 26.5 Å². The number of fused-ring (bicyclic) bond motifs is 1. The van der Waals surface area contributed by atoms with Crippen LogP contribution in [0.25, 0.3) is 6.08 Å². The lowest BCUT2D eigenvalue weighted by atomic mass is 9.85. The molecule has 9 N–H and O–H groups in total. The number of rotatable bonds is 8. The van der Waals surface area contributed by atoms with Crippen LogP contribution >= 0.6 is 11.6 Å². The van der Waals surface area contributed by atoms with Crippen molar-refractivity contribution < 1.29 is 54.0 Å². The Morgan fingerprint density at radius 3 is 2.31 bits per heavy atom. The molecule has 14 heteroatoms. The number of carbonyl (C=O) groups is 2. The molecule has 1 atom stereocenters. The molecule has 0 fully saturated rings. The number of carbonyl (C=O) groups excluding carboxylic acids is 1. The number of benzene rings is 1. The number of nitrogens with one attached hydrogen (secondary N) is 1. The Bertz CT molecular complexity index is 873. The topological polar surface area (TPSA) is 188 Å².